The maximum atomic E-state index is 10.5. The Morgan fingerprint density at radius 2 is 1.21 bits per heavy atom. The number of nitrogens with zero attached hydrogens (tertiary/aromatic N) is 2. The molecule has 33 heavy (non-hydrogen) atoms. The first-order valence-electron chi connectivity index (χ1n) is 12.2. The molecule has 0 saturated carbocycles. The van der Waals surface area contributed by atoms with E-state index in [9.17, 15) is 5.11 Å². The zero-order valence-electron chi connectivity index (χ0n) is 19.4. The molecule has 1 heterocycles. The van der Waals surface area contributed by atoms with Crippen LogP contribution in [-0.2, 0) is 0 Å². The summed E-state index contributed by atoms with van der Waals surface area (Å²) in [6.07, 6.45) is 2.09. The minimum Gasteiger partial charge on any atom is -0.391 e. The van der Waals surface area contributed by atoms with Gasteiger partial charge in [-0.15, -0.1) is 11.8 Å². The molecule has 0 spiro atoms. The Labute approximate surface area is 203 Å². The lowest BCUT2D eigenvalue weighted by atomic mass is 9.87. The molecular formula is C29H36N2OS. The third kappa shape index (κ3) is 7.72. The zero-order chi connectivity index (χ0) is 22.7. The second-order valence-electron chi connectivity index (χ2n) is 8.94. The highest BCUT2D eigenvalue weighted by Crippen LogP contribution is 2.29. The first-order valence-corrected chi connectivity index (χ1v) is 13.2. The topological polar surface area (TPSA) is 26.7 Å². The van der Waals surface area contributed by atoms with Crippen molar-refractivity contribution in [3.05, 3.63) is 102 Å². The fourth-order valence-corrected chi connectivity index (χ4v) is 5.51. The lowest BCUT2D eigenvalue weighted by molar-refractivity contribution is 0.0819. The number of benzene rings is 3. The van der Waals surface area contributed by atoms with Gasteiger partial charge in [0.05, 0.1) is 6.10 Å². The summed E-state index contributed by atoms with van der Waals surface area (Å²) in [6.45, 7) is 6.22. The van der Waals surface area contributed by atoms with Crippen molar-refractivity contribution in [1.29, 1.82) is 0 Å². The number of β-amino-alcohol motifs (C(OH)–C–C–N with tert-alkyl or cyclic N) is 1. The fourth-order valence-electron chi connectivity index (χ4n) is 4.67. The molecule has 0 aromatic heterocycles. The third-order valence-corrected chi connectivity index (χ3v) is 7.65. The average Bonchev–Trinajstić information content (AvgIpc) is 2.88. The molecule has 3 nitrogen and oxygen atoms in total. The normalized spacial score (nSPS) is 16.2. The van der Waals surface area contributed by atoms with Crippen molar-refractivity contribution in [1.82, 2.24) is 9.80 Å². The van der Waals surface area contributed by atoms with E-state index in [1.807, 2.05) is 6.07 Å². The molecule has 3 aromatic rings. The van der Waals surface area contributed by atoms with Crippen molar-refractivity contribution in [3.63, 3.8) is 0 Å². The molecule has 1 saturated heterocycles. The number of piperazine rings is 1. The molecule has 4 rings (SSSR count). The van der Waals surface area contributed by atoms with E-state index in [1.165, 1.54) is 28.9 Å². The van der Waals surface area contributed by atoms with Gasteiger partial charge >= 0.3 is 0 Å². The van der Waals surface area contributed by atoms with Crippen LogP contribution in [-0.4, -0.2) is 66.0 Å². The summed E-state index contributed by atoms with van der Waals surface area (Å²) >= 11 is 1.74. The number of hydrogen-bond donors (Lipinski definition) is 1. The van der Waals surface area contributed by atoms with Gasteiger partial charge in [-0.05, 0) is 42.6 Å². The SMILES string of the molecule is O[C@H](CSc1ccccc1)CN1CCN(CCCC(c2ccccc2)c2ccccc2)CC1. The zero-order valence-corrected chi connectivity index (χ0v) is 20.2. The van der Waals surface area contributed by atoms with Gasteiger partial charge in [0.25, 0.3) is 0 Å². The molecule has 1 aliphatic rings. The van der Waals surface area contributed by atoms with E-state index >= 15 is 0 Å². The minimum absolute atomic E-state index is 0.278. The predicted octanol–water partition coefficient (Wildman–Crippen LogP) is 5.37. The van der Waals surface area contributed by atoms with Crippen LogP contribution >= 0.6 is 11.8 Å². The van der Waals surface area contributed by atoms with E-state index in [2.05, 4.69) is 94.7 Å². The van der Waals surface area contributed by atoms with Crippen molar-refractivity contribution in [3.8, 4) is 0 Å². The molecule has 4 heteroatoms. The highest BCUT2D eigenvalue weighted by molar-refractivity contribution is 7.99. The van der Waals surface area contributed by atoms with Crippen molar-refractivity contribution < 1.29 is 5.11 Å². The summed E-state index contributed by atoms with van der Waals surface area (Å²) in [5.74, 6) is 1.22. The quantitative estimate of drug-likeness (QED) is 0.389. The Bertz CT molecular complexity index is 875. The second kappa shape index (κ2) is 13.0. The largest absolute Gasteiger partial charge is 0.391 e. The standard InChI is InChI=1S/C29H36N2OS/c32-27(24-33-28-15-8-3-9-16-28)23-31-21-19-30(20-22-31)18-10-17-29(25-11-4-1-5-12-25)26-13-6-2-7-14-26/h1-9,11-16,27,29,32H,10,17-24H2/t27-/m0/s1. The third-order valence-electron chi connectivity index (χ3n) is 6.49. The molecule has 1 aliphatic heterocycles. The molecule has 0 radical (unpaired) electrons. The summed E-state index contributed by atoms with van der Waals surface area (Å²) in [4.78, 5) is 6.24. The lowest BCUT2D eigenvalue weighted by Crippen LogP contribution is -2.49. The monoisotopic (exact) mass is 460 g/mol. The first-order chi connectivity index (χ1) is 16.3. The summed E-state index contributed by atoms with van der Waals surface area (Å²) < 4.78 is 0. The Kier molecular flexibility index (Phi) is 9.43. The molecular weight excluding hydrogens is 424 g/mol. The van der Waals surface area contributed by atoms with Crippen molar-refractivity contribution in [2.75, 3.05) is 45.0 Å². The van der Waals surface area contributed by atoms with E-state index in [-0.39, 0.29) is 6.10 Å². The first kappa shape index (κ1) is 24.0. The predicted molar refractivity (Wildman–Crippen MR) is 140 cm³/mol. The number of aliphatic hydroxyl groups is 1. The second-order valence-corrected chi connectivity index (χ2v) is 10.0. The number of hydrogen-bond acceptors (Lipinski definition) is 4. The maximum absolute atomic E-state index is 10.5. The van der Waals surface area contributed by atoms with E-state index < -0.39 is 0 Å². The summed E-state index contributed by atoms with van der Waals surface area (Å²) in [6, 6.07) is 32.2. The molecule has 1 atom stereocenters. The van der Waals surface area contributed by atoms with E-state index in [0.717, 1.165) is 45.0 Å². The highest BCUT2D eigenvalue weighted by Gasteiger charge is 2.20. The Hall–Kier alpha value is -2.11. The van der Waals surface area contributed by atoms with Gasteiger partial charge in [0.1, 0.15) is 0 Å². The van der Waals surface area contributed by atoms with Gasteiger partial charge in [-0.3, -0.25) is 4.90 Å². The van der Waals surface area contributed by atoms with Gasteiger partial charge in [0.15, 0.2) is 0 Å². The van der Waals surface area contributed by atoms with Crippen LogP contribution in [0.15, 0.2) is 95.9 Å². The van der Waals surface area contributed by atoms with Crippen LogP contribution in [0.2, 0.25) is 0 Å². The Balaban J connectivity index is 1.18. The molecule has 3 aromatic carbocycles. The molecule has 0 aliphatic carbocycles. The van der Waals surface area contributed by atoms with Gasteiger partial charge in [0, 0.05) is 49.3 Å². The van der Waals surface area contributed by atoms with Gasteiger partial charge in [-0.1, -0.05) is 78.9 Å². The number of aliphatic hydroxyl groups excluding tert-OH is 1. The van der Waals surface area contributed by atoms with Crippen molar-refractivity contribution in [2.24, 2.45) is 0 Å². The summed E-state index contributed by atoms with van der Waals surface area (Å²) in [5.41, 5.74) is 2.83. The van der Waals surface area contributed by atoms with Crippen LogP contribution < -0.4 is 0 Å². The summed E-state index contributed by atoms with van der Waals surface area (Å²) in [5, 5.41) is 10.5. The van der Waals surface area contributed by atoms with Crippen molar-refractivity contribution >= 4 is 11.8 Å². The smallest absolute Gasteiger partial charge is 0.0760 e. The van der Waals surface area contributed by atoms with E-state index in [4.69, 9.17) is 0 Å². The fraction of sp³-hybridized carbons (Fsp3) is 0.379. The van der Waals surface area contributed by atoms with E-state index in [1.54, 1.807) is 11.8 Å². The van der Waals surface area contributed by atoms with Crippen LogP contribution in [0.3, 0.4) is 0 Å². The molecule has 174 valence electrons. The molecule has 0 bridgehead atoms. The minimum atomic E-state index is -0.278. The van der Waals surface area contributed by atoms with E-state index in [0.29, 0.717) is 5.92 Å². The van der Waals surface area contributed by atoms with Gasteiger partial charge < -0.3 is 10.0 Å². The molecule has 0 amide bonds. The van der Waals surface area contributed by atoms with Crippen LogP contribution in [0.5, 0.6) is 0 Å². The highest BCUT2D eigenvalue weighted by atomic mass is 32.2. The molecule has 0 unspecified atom stereocenters. The van der Waals surface area contributed by atoms with Crippen LogP contribution in [0.1, 0.15) is 29.9 Å². The number of thioether (sulfide) groups is 1. The average molecular weight is 461 g/mol. The van der Waals surface area contributed by atoms with Crippen LogP contribution in [0.4, 0.5) is 0 Å². The molecule has 1 fully saturated rings. The number of rotatable bonds is 11. The molecule has 1 N–H and O–H groups in total. The van der Waals surface area contributed by atoms with Crippen molar-refractivity contribution in [2.45, 2.75) is 29.8 Å². The maximum Gasteiger partial charge on any atom is 0.0760 e. The van der Waals surface area contributed by atoms with Gasteiger partial charge in [-0.25, -0.2) is 0 Å². The Morgan fingerprint density at radius 1 is 0.697 bits per heavy atom. The van der Waals surface area contributed by atoms with Gasteiger partial charge in [-0.2, -0.15) is 0 Å². The van der Waals surface area contributed by atoms with Gasteiger partial charge in [0.2, 0.25) is 0 Å². The lowest BCUT2D eigenvalue weighted by Gasteiger charge is -2.35. The Morgan fingerprint density at radius 3 is 1.79 bits per heavy atom. The summed E-state index contributed by atoms with van der Waals surface area (Å²) in [7, 11) is 0. The van der Waals surface area contributed by atoms with Crippen LogP contribution in [0.25, 0.3) is 0 Å². The van der Waals surface area contributed by atoms with Crippen LogP contribution in [0, 0.1) is 0 Å².